The molecule has 0 aliphatic heterocycles. The topological polar surface area (TPSA) is 101 Å². The Morgan fingerprint density at radius 3 is 2.79 bits per heavy atom. The van der Waals surface area contributed by atoms with Crippen molar-refractivity contribution in [1.29, 1.82) is 0 Å². The van der Waals surface area contributed by atoms with Gasteiger partial charge in [-0.25, -0.2) is 9.78 Å². The molecule has 3 aromatic heterocycles. The molecule has 0 bridgehead atoms. The second-order valence-corrected chi connectivity index (χ2v) is 4.16. The fourth-order valence-corrected chi connectivity index (χ4v) is 2.05. The van der Waals surface area contributed by atoms with Crippen molar-refractivity contribution >= 4 is 11.2 Å². The van der Waals surface area contributed by atoms with E-state index in [9.17, 15) is 9.59 Å². The molecule has 19 heavy (non-hydrogen) atoms. The first-order valence-electron chi connectivity index (χ1n) is 5.82. The lowest BCUT2D eigenvalue weighted by Gasteiger charge is -2.03. The highest BCUT2D eigenvalue weighted by Crippen LogP contribution is 2.15. The van der Waals surface area contributed by atoms with E-state index in [-0.39, 0.29) is 11.2 Å². The second-order valence-electron chi connectivity index (χ2n) is 4.16. The molecule has 0 radical (unpaired) electrons. The molecule has 8 heteroatoms. The number of aromatic amines is 2. The summed E-state index contributed by atoms with van der Waals surface area (Å²) in [4.78, 5) is 31.4. The Morgan fingerprint density at radius 2 is 2.16 bits per heavy atom. The zero-order valence-corrected chi connectivity index (χ0v) is 10.5. The van der Waals surface area contributed by atoms with Gasteiger partial charge in [0.05, 0.1) is 11.8 Å². The number of nitrogens with one attached hydrogen (secondary N) is 2. The summed E-state index contributed by atoms with van der Waals surface area (Å²) in [6.45, 7) is 2.07. The van der Waals surface area contributed by atoms with Crippen molar-refractivity contribution in [2.75, 3.05) is 0 Å². The standard InChI is InChI=1S/C11H12N6O2/c1-3-17-10(18)7-9(16(2)11(17)19)15-8(14-7)6-4-12-13-5-6/h4-5H,3H2,1-2H3,(H,12,13)(H,14,15). The maximum atomic E-state index is 12.2. The molecular formula is C11H12N6O2. The number of hydrogen-bond acceptors (Lipinski definition) is 4. The van der Waals surface area contributed by atoms with Gasteiger partial charge >= 0.3 is 5.69 Å². The van der Waals surface area contributed by atoms with Crippen LogP contribution in [0.15, 0.2) is 22.0 Å². The Labute approximate surface area is 106 Å². The van der Waals surface area contributed by atoms with Crippen LogP contribution in [0, 0.1) is 0 Å². The van der Waals surface area contributed by atoms with Gasteiger partial charge in [0.2, 0.25) is 0 Å². The summed E-state index contributed by atoms with van der Waals surface area (Å²) < 4.78 is 2.53. The maximum absolute atomic E-state index is 12.2. The van der Waals surface area contributed by atoms with Crippen LogP contribution in [0.4, 0.5) is 0 Å². The molecule has 0 saturated heterocycles. The number of fused-ring (bicyclic) bond motifs is 1. The van der Waals surface area contributed by atoms with Gasteiger partial charge in [0.1, 0.15) is 11.3 Å². The van der Waals surface area contributed by atoms with Crippen molar-refractivity contribution in [2.45, 2.75) is 13.5 Å². The van der Waals surface area contributed by atoms with Crippen LogP contribution in [0.2, 0.25) is 0 Å². The highest BCUT2D eigenvalue weighted by molar-refractivity contribution is 5.75. The lowest BCUT2D eigenvalue weighted by Crippen LogP contribution is -2.38. The zero-order chi connectivity index (χ0) is 13.6. The normalized spacial score (nSPS) is 11.3. The summed E-state index contributed by atoms with van der Waals surface area (Å²) >= 11 is 0. The number of H-pyrrole nitrogens is 2. The number of hydrogen-bond donors (Lipinski definition) is 2. The summed E-state index contributed by atoms with van der Waals surface area (Å²) in [5.74, 6) is 0.504. The Hall–Kier alpha value is -2.64. The van der Waals surface area contributed by atoms with Crippen LogP contribution in [0.3, 0.4) is 0 Å². The molecule has 0 fully saturated rings. The van der Waals surface area contributed by atoms with E-state index in [0.717, 1.165) is 5.56 Å². The lowest BCUT2D eigenvalue weighted by atomic mass is 10.3. The zero-order valence-electron chi connectivity index (χ0n) is 10.5. The number of imidazole rings is 1. The van der Waals surface area contributed by atoms with E-state index in [1.165, 1.54) is 9.13 Å². The first-order valence-corrected chi connectivity index (χ1v) is 5.82. The van der Waals surface area contributed by atoms with E-state index in [2.05, 4.69) is 20.2 Å². The number of nitrogens with zero attached hydrogens (tertiary/aromatic N) is 4. The molecule has 0 aliphatic carbocycles. The smallest absolute Gasteiger partial charge is 0.332 e. The summed E-state index contributed by atoms with van der Waals surface area (Å²) in [5.41, 5.74) is 0.662. The molecule has 3 rings (SSSR count). The largest absolute Gasteiger partial charge is 0.332 e. The predicted octanol–water partition coefficient (Wildman–Crippen LogP) is -0.167. The van der Waals surface area contributed by atoms with Crippen LogP contribution < -0.4 is 11.2 Å². The van der Waals surface area contributed by atoms with Crippen molar-refractivity contribution < 1.29 is 0 Å². The van der Waals surface area contributed by atoms with Crippen LogP contribution in [-0.2, 0) is 13.6 Å². The molecular weight excluding hydrogens is 248 g/mol. The summed E-state index contributed by atoms with van der Waals surface area (Å²) in [6, 6.07) is 0. The minimum atomic E-state index is -0.370. The van der Waals surface area contributed by atoms with Crippen LogP contribution in [0.25, 0.3) is 22.6 Å². The number of aromatic nitrogens is 6. The van der Waals surface area contributed by atoms with Crippen molar-refractivity contribution in [3.8, 4) is 11.4 Å². The molecule has 0 aliphatic rings. The first kappa shape index (κ1) is 11.5. The molecule has 3 heterocycles. The third kappa shape index (κ3) is 1.53. The number of aryl methyl sites for hydroxylation is 1. The SMILES string of the molecule is CCn1c(=O)c2[nH]c(-c3cn[nH]c3)nc2n(C)c1=O. The predicted molar refractivity (Wildman–Crippen MR) is 68.9 cm³/mol. The first-order chi connectivity index (χ1) is 9.13. The van der Waals surface area contributed by atoms with Crippen LogP contribution in [-0.4, -0.2) is 29.3 Å². The minimum absolute atomic E-state index is 0.320. The summed E-state index contributed by atoms with van der Waals surface area (Å²) in [7, 11) is 1.59. The van der Waals surface area contributed by atoms with Gasteiger partial charge in [0, 0.05) is 19.8 Å². The van der Waals surface area contributed by atoms with E-state index in [0.29, 0.717) is 23.5 Å². The maximum Gasteiger partial charge on any atom is 0.332 e. The quantitative estimate of drug-likeness (QED) is 0.668. The monoisotopic (exact) mass is 260 g/mol. The van der Waals surface area contributed by atoms with Crippen LogP contribution in [0.1, 0.15) is 6.92 Å². The fraction of sp³-hybridized carbons (Fsp3) is 0.273. The van der Waals surface area contributed by atoms with Crippen LogP contribution in [0.5, 0.6) is 0 Å². The van der Waals surface area contributed by atoms with Crippen LogP contribution >= 0.6 is 0 Å². The van der Waals surface area contributed by atoms with Gasteiger partial charge in [-0.05, 0) is 6.92 Å². The molecule has 0 amide bonds. The van der Waals surface area contributed by atoms with Gasteiger partial charge in [-0.3, -0.25) is 19.0 Å². The molecule has 8 nitrogen and oxygen atoms in total. The van der Waals surface area contributed by atoms with E-state index < -0.39 is 0 Å². The average molecular weight is 260 g/mol. The molecule has 0 atom stereocenters. The van der Waals surface area contributed by atoms with Crippen molar-refractivity contribution in [2.24, 2.45) is 7.05 Å². The van der Waals surface area contributed by atoms with Gasteiger partial charge in [0.15, 0.2) is 5.65 Å². The van der Waals surface area contributed by atoms with E-state index in [1.807, 2.05) is 0 Å². The lowest BCUT2D eigenvalue weighted by molar-refractivity contribution is 0.637. The van der Waals surface area contributed by atoms with Gasteiger partial charge < -0.3 is 4.98 Å². The third-order valence-corrected chi connectivity index (χ3v) is 3.07. The average Bonchev–Trinajstić information content (AvgIpc) is 3.05. The summed E-state index contributed by atoms with van der Waals surface area (Å²) in [5, 5.41) is 6.50. The highest BCUT2D eigenvalue weighted by atomic mass is 16.2. The van der Waals surface area contributed by atoms with Gasteiger partial charge in [0.25, 0.3) is 5.56 Å². The van der Waals surface area contributed by atoms with Crippen molar-refractivity contribution in [3.05, 3.63) is 33.2 Å². The molecule has 0 aromatic carbocycles. The van der Waals surface area contributed by atoms with E-state index >= 15 is 0 Å². The fourth-order valence-electron chi connectivity index (χ4n) is 2.05. The summed E-state index contributed by atoms with van der Waals surface area (Å²) in [6.07, 6.45) is 3.25. The Morgan fingerprint density at radius 1 is 1.37 bits per heavy atom. The highest BCUT2D eigenvalue weighted by Gasteiger charge is 2.15. The number of rotatable bonds is 2. The van der Waals surface area contributed by atoms with Gasteiger partial charge in [-0.2, -0.15) is 5.10 Å². The second kappa shape index (κ2) is 3.94. The Balaban J connectivity index is 2.41. The van der Waals surface area contributed by atoms with Gasteiger partial charge in [-0.1, -0.05) is 0 Å². The molecule has 3 aromatic rings. The minimum Gasteiger partial charge on any atom is -0.332 e. The van der Waals surface area contributed by atoms with Gasteiger partial charge in [-0.15, -0.1) is 0 Å². The Bertz CT molecular complexity index is 852. The molecule has 0 saturated carbocycles. The molecule has 0 spiro atoms. The third-order valence-electron chi connectivity index (χ3n) is 3.07. The molecule has 98 valence electrons. The van der Waals surface area contributed by atoms with E-state index in [4.69, 9.17) is 0 Å². The van der Waals surface area contributed by atoms with Crippen molar-refractivity contribution in [1.82, 2.24) is 29.3 Å². The van der Waals surface area contributed by atoms with Crippen molar-refractivity contribution in [3.63, 3.8) is 0 Å². The Kier molecular flexibility index (Phi) is 2.37. The molecule has 0 unspecified atom stereocenters. The van der Waals surface area contributed by atoms with E-state index in [1.54, 1.807) is 26.4 Å². The molecule has 2 N–H and O–H groups in total.